The third-order valence-corrected chi connectivity index (χ3v) is 5.92. The lowest BCUT2D eigenvalue weighted by Gasteiger charge is -2.15. The Morgan fingerprint density at radius 1 is 1.12 bits per heavy atom. The largest absolute Gasteiger partial charge is 0.348 e. The highest BCUT2D eigenvalue weighted by molar-refractivity contribution is 7.89. The van der Waals surface area contributed by atoms with Gasteiger partial charge in [-0.05, 0) is 42.7 Å². The number of hydrogen-bond acceptors (Lipinski definition) is 4. The predicted molar refractivity (Wildman–Crippen MR) is 89.8 cm³/mol. The molecule has 24 heavy (non-hydrogen) atoms. The fourth-order valence-corrected chi connectivity index (χ4v) is 4.16. The van der Waals surface area contributed by atoms with Gasteiger partial charge in [0.2, 0.25) is 10.0 Å². The minimum atomic E-state index is -3.39. The lowest BCUT2D eigenvalue weighted by molar-refractivity contribution is 0.0950. The van der Waals surface area contributed by atoms with Crippen molar-refractivity contribution >= 4 is 15.9 Å². The highest BCUT2D eigenvalue weighted by Gasteiger charge is 2.26. The molecule has 1 aliphatic heterocycles. The number of hydrogen-bond donors (Lipinski definition) is 1. The van der Waals surface area contributed by atoms with Crippen LogP contribution in [0, 0.1) is 0 Å². The van der Waals surface area contributed by atoms with Crippen LogP contribution in [0.5, 0.6) is 0 Å². The van der Waals surface area contributed by atoms with E-state index in [-0.39, 0.29) is 5.91 Å². The average molecular weight is 345 g/mol. The fraction of sp³-hybridized carbons (Fsp3) is 0.294. The number of rotatable bonds is 5. The molecule has 0 unspecified atom stereocenters. The third kappa shape index (κ3) is 3.63. The van der Waals surface area contributed by atoms with Gasteiger partial charge < -0.3 is 5.32 Å². The Morgan fingerprint density at radius 2 is 1.83 bits per heavy atom. The molecule has 0 radical (unpaired) electrons. The Labute approximate surface area is 141 Å². The van der Waals surface area contributed by atoms with Crippen LogP contribution < -0.4 is 5.32 Å². The molecule has 1 aromatic heterocycles. The van der Waals surface area contributed by atoms with Gasteiger partial charge in [0, 0.05) is 32.0 Å². The Morgan fingerprint density at radius 3 is 2.46 bits per heavy atom. The average Bonchev–Trinajstić information content (AvgIpc) is 3.16. The summed E-state index contributed by atoms with van der Waals surface area (Å²) < 4.78 is 26.4. The number of amides is 1. The molecule has 1 aliphatic rings. The molecule has 2 aromatic rings. The summed E-state index contributed by atoms with van der Waals surface area (Å²) in [5.74, 6) is -0.211. The van der Waals surface area contributed by atoms with E-state index in [0.717, 1.165) is 18.4 Å². The molecule has 2 heterocycles. The second-order valence-corrected chi connectivity index (χ2v) is 7.62. The van der Waals surface area contributed by atoms with E-state index in [0.29, 0.717) is 30.1 Å². The van der Waals surface area contributed by atoms with Crippen LogP contribution in [0.3, 0.4) is 0 Å². The minimum absolute atomic E-state index is 0.211. The van der Waals surface area contributed by atoms with Crippen LogP contribution in [0.1, 0.15) is 28.8 Å². The molecule has 6 nitrogen and oxygen atoms in total. The third-order valence-electron chi connectivity index (χ3n) is 4.00. The number of carbonyl (C=O) groups excluding carboxylic acids is 1. The first-order valence-corrected chi connectivity index (χ1v) is 9.29. The lowest BCUT2D eigenvalue weighted by Crippen LogP contribution is -2.28. The first-order valence-electron chi connectivity index (χ1n) is 7.85. The molecule has 1 saturated heterocycles. The van der Waals surface area contributed by atoms with Crippen LogP contribution in [0.25, 0.3) is 0 Å². The summed E-state index contributed by atoms with van der Waals surface area (Å²) in [5, 5.41) is 2.79. The fourth-order valence-electron chi connectivity index (χ4n) is 2.64. The summed E-state index contributed by atoms with van der Waals surface area (Å²) in [7, 11) is -3.39. The molecule has 1 fully saturated rings. The van der Waals surface area contributed by atoms with Crippen LogP contribution in [0.2, 0.25) is 0 Å². The zero-order chi connectivity index (χ0) is 17.0. The van der Waals surface area contributed by atoms with Crippen molar-refractivity contribution in [1.82, 2.24) is 14.6 Å². The van der Waals surface area contributed by atoms with Crippen molar-refractivity contribution in [2.75, 3.05) is 13.1 Å². The zero-order valence-electron chi connectivity index (χ0n) is 13.2. The summed E-state index contributed by atoms with van der Waals surface area (Å²) in [5.41, 5.74) is 1.33. The van der Waals surface area contributed by atoms with E-state index in [2.05, 4.69) is 10.3 Å². The number of nitrogens with zero attached hydrogens (tertiary/aromatic N) is 2. The minimum Gasteiger partial charge on any atom is -0.348 e. The van der Waals surface area contributed by atoms with Crippen LogP contribution in [-0.2, 0) is 16.6 Å². The molecule has 0 spiro atoms. The van der Waals surface area contributed by atoms with Gasteiger partial charge in [-0.2, -0.15) is 4.31 Å². The van der Waals surface area contributed by atoms with E-state index < -0.39 is 10.0 Å². The first kappa shape index (κ1) is 16.6. The monoisotopic (exact) mass is 345 g/mol. The molecular formula is C17H19N3O3S. The van der Waals surface area contributed by atoms with Gasteiger partial charge >= 0.3 is 0 Å². The van der Waals surface area contributed by atoms with Crippen molar-refractivity contribution in [1.29, 1.82) is 0 Å². The van der Waals surface area contributed by atoms with Gasteiger partial charge in [-0.1, -0.05) is 12.1 Å². The molecule has 0 aliphatic carbocycles. The summed E-state index contributed by atoms with van der Waals surface area (Å²) in [6.45, 7) is 1.51. The Balaban J connectivity index is 1.63. The van der Waals surface area contributed by atoms with Gasteiger partial charge in [0.1, 0.15) is 0 Å². The van der Waals surface area contributed by atoms with Crippen molar-refractivity contribution in [3.05, 3.63) is 59.9 Å². The Kier molecular flexibility index (Phi) is 4.92. The normalized spacial score (nSPS) is 15.3. The van der Waals surface area contributed by atoms with Gasteiger partial charge in [0.25, 0.3) is 5.91 Å². The van der Waals surface area contributed by atoms with Crippen LogP contribution in [-0.4, -0.2) is 36.7 Å². The van der Waals surface area contributed by atoms with E-state index in [1.165, 1.54) is 10.5 Å². The predicted octanol–water partition coefficient (Wildman–Crippen LogP) is 1.80. The summed E-state index contributed by atoms with van der Waals surface area (Å²) in [6, 6.07) is 10.0. The maximum Gasteiger partial charge on any atom is 0.253 e. The number of pyridine rings is 1. The van der Waals surface area contributed by atoms with Gasteiger partial charge in [0.15, 0.2) is 0 Å². The van der Waals surface area contributed by atoms with E-state index >= 15 is 0 Å². The van der Waals surface area contributed by atoms with E-state index in [9.17, 15) is 13.2 Å². The molecular weight excluding hydrogens is 326 g/mol. The van der Waals surface area contributed by atoms with Crippen molar-refractivity contribution in [2.24, 2.45) is 0 Å². The molecule has 0 saturated carbocycles. The summed E-state index contributed by atoms with van der Waals surface area (Å²) in [4.78, 5) is 16.2. The van der Waals surface area contributed by atoms with Crippen LogP contribution >= 0.6 is 0 Å². The molecule has 7 heteroatoms. The maximum atomic E-state index is 12.4. The van der Waals surface area contributed by atoms with E-state index in [1.807, 2.05) is 0 Å². The van der Waals surface area contributed by atoms with Gasteiger partial charge in [0.05, 0.1) is 10.5 Å². The van der Waals surface area contributed by atoms with Gasteiger partial charge in [-0.25, -0.2) is 8.42 Å². The zero-order valence-corrected chi connectivity index (χ0v) is 14.0. The van der Waals surface area contributed by atoms with Crippen molar-refractivity contribution in [3.8, 4) is 0 Å². The van der Waals surface area contributed by atoms with Gasteiger partial charge in [-0.15, -0.1) is 0 Å². The molecule has 1 aromatic carbocycles. The van der Waals surface area contributed by atoms with Gasteiger partial charge in [-0.3, -0.25) is 9.78 Å². The Bertz CT molecular complexity index is 799. The van der Waals surface area contributed by atoms with Crippen LogP contribution in [0.15, 0.2) is 53.7 Å². The highest BCUT2D eigenvalue weighted by Crippen LogP contribution is 2.21. The highest BCUT2D eigenvalue weighted by atomic mass is 32.2. The van der Waals surface area contributed by atoms with E-state index in [4.69, 9.17) is 0 Å². The molecule has 3 rings (SSSR count). The first-order chi connectivity index (χ1) is 11.6. The standard InChI is InChI=1S/C17H19N3O3S/c21-17(15-4-3-9-18-13-15)19-12-14-5-7-16(8-6-14)24(22,23)20-10-1-2-11-20/h3-9,13H,1-2,10-12H2,(H,19,21). The van der Waals surface area contributed by atoms with Crippen LogP contribution in [0.4, 0.5) is 0 Å². The maximum absolute atomic E-state index is 12.4. The quantitative estimate of drug-likeness (QED) is 0.896. The Hall–Kier alpha value is -2.25. The molecule has 1 amide bonds. The molecule has 126 valence electrons. The molecule has 0 bridgehead atoms. The summed E-state index contributed by atoms with van der Waals surface area (Å²) in [6.07, 6.45) is 4.94. The topological polar surface area (TPSA) is 79.4 Å². The number of sulfonamides is 1. The number of nitrogens with one attached hydrogen (secondary N) is 1. The second-order valence-electron chi connectivity index (χ2n) is 5.68. The van der Waals surface area contributed by atoms with Crippen molar-refractivity contribution in [2.45, 2.75) is 24.3 Å². The SMILES string of the molecule is O=C(NCc1ccc(S(=O)(=O)N2CCCC2)cc1)c1cccnc1. The lowest BCUT2D eigenvalue weighted by atomic mass is 10.2. The molecule has 0 atom stereocenters. The van der Waals surface area contributed by atoms with Crippen molar-refractivity contribution < 1.29 is 13.2 Å². The smallest absolute Gasteiger partial charge is 0.253 e. The number of aromatic nitrogens is 1. The summed E-state index contributed by atoms with van der Waals surface area (Å²) >= 11 is 0. The van der Waals surface area contributed by atoms with Crippen molar-refractivity contribution in [3.63, 3.8) is 0 Å². The van der Waals surface area contributed by atoms with E-state index in [1.54, 1.807) is 42.6 Å². The number of benzene rings is 1. The number of carbonyl (C=O) groups is 1. The molecule has 1 N–H and O–H groups in total. The second kappa shape index (κ2) is 7.11.